The quantitative estimate of drug-likeness (QED) is 0.112. The van der Waals surface area contributed by atoms with Crippen molar-refractivity contribution in [3.05, 3.63) is 60.7 Å². The predicted molar refractivity (Wildman–Crippen MR) is 171 cm³/mol. The van der Waals surface area contributed by atoms with Crippen molar-refractivity contribution in [3.63, 3.8) is 0 Å². The molecule has 0 aliphatic heterocycles. The highest BCUT2D eigenvalue weighted by molar-refractivity contribution is 5.74. The van der Waals surface area contributed by atoms with Gasteiger partial charge in [-0.05, 0) is 61.4 Å². The number of methoxy groups -OCH3 is 1. The number of aromatic hydroxyl groups is 2. The Morgan fingerprint density at radius 3 is 1.50 bits per heavy atom. The second-order valence-corrected chi connectivity index (χ2v) is 10.4. The SMILES string of the molecule is CCCOCC(O)COc1cccc(-c2nc(-c3ccc(OC)cc3)nc(-c3cccc(OCC(O)COCCC)c3O)n2)c1O. The van der Waals surface area contributed by atoms with Crippen LogP contribution in [0.15, 0.2) is 60.7 Å². The Morgan fingerprint density at radius 1 is 0.609 bits per heavy atom. The van der Waals surface area contributed by atoms with E-state index in [4.69, 9.17) is 23.7 Å². The van der Waals surface area contributed by atoms with E-state index in [-0.39, 0.29) is 78.0 Å². The third kappa shape index (κ3) is 9.27. The molecule has 0 fully saturated rings. The summed E-state index contributed by atoms with van der Waals surface area (Å²) >= 11 is 0. The van der Waals surface area contributed by atoms with Crippen molar-refractivity contribution in [1.29, 1.82) is 0 Å². The fourth-order valence-electron chi connectivity index (χ4n) is 4.32. The largest absolute Gasteiger partial charge is 0.504 e. The van der Waals surface area contributed by atoms with E-state index in [0.29, 0.717) is 24.5 Å². The Labute approximate surface area is 268 Å². The molecule has 12 heteroatoms. The monoisotopic (exact) mass is 635 g/mol. The molecule has 0 spiro atoms. The van der Waals surface area contributed by atoms with E-state index < -0.39 is 12.2 Å². The van der Waals surface area contributed by atoms with Crippen molar-refractivity contribution in [2.45, 2.75) is 38.9 Å². The molecular weight excluding hydrogens is 594 g/mol. The van der Waals surface area contributed by atoms with Crippen molar-refractivity contribution in [2.24, 2.45) is 0 Å². The average Bonchev–Trinajstić information content (AvgIpc) is 3.07. The number of nitrogens with zero attached hydrogens (tertiary/aromatic N) is 3. The minimum absolute atomic E-state index is 0.0969. The van der Waals surface area contributed by atoms with Crippen LogP contribution in [0.25, 0.3) is 34.2 Å². The summed E-state index contributed by atoms with van der Waals surface area (Å²) in [5.41, 5.74) is 1.12. The predicted octanol–water partition coefficient (Wildman–Crippen LogP) is 4.63. The maximum absolute atomic E-state index is 11.2. The zero-order chi connectivity index (χ0) is 32.9. The Balaban J connectivity index is 1.69. The zero-order valence-electron chi connectivity index (χ0n) is 26.3. The molecule has 0 amide bonds. The van der Waals surface area contributed by atoms with Crippen LogP contribution in [-0.4, -0.2) is 94.3 Å². The molecule has 4 rings (SSSR count). The molecule has 46 heavy (non-hydrogen) atoms. The third-order valence-electron chi connectivity index (χ3n) is 6.64. The first-order valence-corrected chi connectivity index (χ1v) is 15.2. The highest BCUT2D eigenvalue weighted by atomic mass is 16.5. The molecule has 2 atom stereocenters. The molecule has 0 saturated carbocycles. The van der Waals surface area contributed by atoms with Gasteiger partial charge in [0.1, 0.15) is 31.2 Å². The lowest BCUT2D eigenvalue weighted by molar-refractivity contribution is 0.0119. The van der Waals surface area contributed by atoms with Gasteiger partial charge in [0.15, 0.2) is 40.5 Å². The summed E-state index contributed by atoms with van der Waals surface area (Å²) in [4.78, 5) is 13.9. The van der Waals surface area contributed by atoms with Crippen molar-refractivity contribution < 1.29 is 44.1 Å². The number of phenols is 2. The first-order valence-electron chi connectivity index (χ1n) is 15.2. The van der Waals surface area contributed by atoms with Crippen LogP contribution in [0.4, 0.5) is 0 Å². The van der Waals surface area contributed by atoms with Crippen LogP contribution in [0.1, 0.15) is 26.7 Å². The van der Waals surface area contributed by atoms with Crippen molar-refractivity contribution in [1.82, 2.24) is 15.0 Å². The van der Waals surface area contributed by atoms with Gasteiger partial charge in [0.05, 0.1) is 31.5 Å². The van der Waals surface area contributed by atoms with Gasteiger partial charge in [0.2, 0.25) is 0 Å². The molecule has 4 N–H and O–H groups in total. The van der Waals surface area contributed by atoms with Gasteiger partial charge in [-0.3, -0.25) is 0 Å². The van der Waals surface area contributed by atoms with Crippen molar-refractivity contribution in [2.75, 3.05) is 46.8 Å². The topological polar surface area (TPSA) is 166 Å². The fourth-order valence-corrected chi connectivity index (χ4v) is 4.32. The minimum atomic E-state index is -0.887. The Kier molecular flexibility index (Phi) is 12.9. The minimum Gasteiger partial charge on any atom is -0.504 e. The van der Waals surface area contributed by atoms with Crippen molar-refractivity contribution >= 4 is 0 Å². The smallest absolute Gasteiger partial charge is 0.168 e. The number of aromatic nitrogens is 3. The Bertz CT molecular complexity index is 1450. The van der Waals surface area contributed by atoms with Gasteiger partial charge in [0, 0.05) is 18.8 Å². The second kappa shape index (κ2) is 17.3. The van der Waals surface area contributed by atoms with Crippen LogP contribution in [0.5, 0.6) is 28.7 Å². The highest BCUT2D eigenvalue weighted by Crippen LogP contribution is 2.39. The first-order chi connectivity index (χ1) is 22.3. The van der Waals surface area contributed by atoms with Crippen LogP contribution < -0.4 is 14.2 Å². The summed E-state index contributed by atoms with van der Waals surface area (Å²) < 4.78 is 27.4. The number of hydrogen-bond acceptors (Lipinski definition) is 12. The Morgan fingerprint density at radius 2 is 1.07 bits per heavy atom. The van der Waals surface area contributed by atoms with Crippen LogP contribution in [0.3, 0.4) is 0 Å². The summed E-state index contributed by atoms with van der Waals surface area (Å²) in [6.07, 6.45) is -0.115. The maximum Gasteiger partial charge on any atom is 0.168 e. The summed E-state index contributed by atoms with van der Waals surface area (Å²) in [5.74, 6) is 0.920. The molecule has 3 aromatic carbocycles. The van der Waals surface area contributed by atoms with Crippen LogP contribution in [-0.2, 0) is 9.47 Å². The molecule has 0 aliphatic rings. The Hall–Kier alpha value is -4.49. The number of phenolic OH excluding ortho intramolecular Hbond substituents is 2. The molecule has 0 bridgehead atoms. The lowest BCUT2D eigenvalue weighted by Crippen LogP contribution is -2.23. The van der Waals surface area contributed by atoms with Crippen LogP contribution in [0.2, 0.25) is 0 Å². The number of ether oxygens (including phenoxy) is 5. The molecule has 1 aromatic heterocycles. The molecular formula is C34H41N3O9. The summed E-state index contributed by atoms with van der Waals surface area (Å²) in [6, 6.07) is 16.8. The summed E-state index contributed by atoms with van der Waals surface area (Å²) in [5, 5.41) is 42.8. The molecule has 0 saturated heterocycles. The number of aliphatic hydroxyl groups excluding tert-OH is 2. The van der Waals surface area contributed by atoms with E-state index >= 15 is 0 Å². The standard InChI is InChI=1S/C34H41N3O9/c1-4-16-43-18-23(38)20-45-28-10-6-8-26(30(28)40)33-35-32(22-12-14-25(42-3)15-13-22)36-34(37-33)27-9-7-11-29(31(27)41)46-21-24(39)19-44-17-5-2/h6-15,23-24,38-41H,4-5,16-21H2,1-3H3. The first kappa shape index (κ1) is 34.4. The van der Waals surface area contributed by atoms with Gasteiger partial charge in [-0.25, -0.2) is 15.0 Å². The normalized spacial score (nSPS) is 12.5. The van der Waals surface area contributed by atoms with E-state index in [1.54, 1.807) is 67.8 Å². The van der Waals surface area contributed by atoms with Crippen LogP contribution >= 0.6 is 0 Å². The number of hydrogen-bond donors (Lipinski definition) is 4. The van der Waals surface area contributed by atoms with Gasteiger partial charge in [-0.2, -0.15) is 0 Å². The van der Waals surface area contributed by atoms with E-state index in [2.05, 4.69) is 15.0 Å². The van der Waals surface area contributed by atoms with Gasteiger partial charge in [0.25, 0.3) is 0 Å². The van der Waals surface area contributed by atoms with E-state index in [1.165, 1.54) is 0 Å². The lowest BCUT2D eigenvalue weighted by atomic mass is 10.1. The molecule has 2 unspecified atom stereocenters. The van der Waals surface area contributed by atoms with Crippen LogP contribution in [0, 0.1) is 0 Å². The molecule has 246 valence electrons. The van der Waals surface area contributed by atoms with E-state index in [9.17, 15) is 20.4 Å². The van der Waals surface area contributed by atoms with Gasteiger partial charge in [-0.1, -0.05) is 26.0 Å². The van der Waals surface area contributed by atoms with Gasteiger partial charge >= 0.3 is 0 Å². The van der Waals surface area contributed by atoms with Gasteiger partial charge in [-0.15, -0.1) is 0 Å². The average molecular weight is 636 g/mol. The highest BCUT2D eigenvalue weighted by Gasteiger charge is 2.21. The number of para-hydroxylation sites is 2. The molecule has 12 nitrogen and oxygen atoms in total. The second-order valence-electron chi connectivity index (χ2n) is 10.4. The third-order valence-corrected chi connectivity index (χ3v) is 6.64. The van der Waals surface area contributed by atoms with E-state index in [0.717, 1.165) is 12.8 Å². The number of aliphatic hydroxyl groups is 2. The summed E-state index contributed by atoms with van der Waals surface area (Å²) in [7, 11) is 1.57. The summed E-state index contributed by atoms with van der Waals surface area (Å²) in [6.45, 7) is 5.02. The molecule has 1 heterocycles. The van der Waals surface area contributed by atoms with E-state index in [1.807, 2.05) is 13.8 Å². The van der Waals surface area contributed by atoms with Gasteiger partial charge < -0.3 is 44.1 Å². The lowest BCUT2D eigenvalue weighted by Gasteiger charge is -2.16. The van der Waals surface area contributed by atoms with Crippen molar-refractivity contribution in [3.8, 4) is 62.9 Å². The number of benzene rings is 3. The molecule has 4 aromatic rings. The zero-order valence-corrected chi connectivity index (χ0v) is 26.3. The fraction of sp³-hybridized carbons (Fsp3) is 0.382. The molecule has 0 radical (unpaired) electrons. The number of rotatable bonds is 18. The maximum atomic E-state index is 11.2. The molecule has 0 aliphatic carbocycles.